The van der Waals surface area contributed by atoms with Gasteiger partial charge in [0.05, 0.1) is 19.3 Å². The number of carboxylic acids is 2. The van der Waals surface area contributed by atoms with Crippen molar-refractivity contribution in [3.63, 3.8) is 0 Å². The van der Waals surface area contributed by atoms with E-state index in [0.717, 1.165) is 24.0 Å². The Morgan fingerprint density at radius 1 is 1.11 bits per heavy atom. The summed E-state index contributed by atoms with van der Waals surface area (Å²) in [6.07, 6.45) is 3.46. The van der Waals surface area contributed by atoms with Gasteiger partial charge < -0.3 is 40.5 Å². The number of hydrogen-bond acceptors (Lipinski definition) is 8. The van der Waals surface area contributed by atoms with Gasteiger partial charge in [-0.1, -0.05) is 54.9 Å². The summed E-state index contributed by atoms with van der Waals surface area (Å²) < 4.78 is 11.5. The fourth-order valence-electron chi connectivity index (χ4n) is 6.02. The van der Waals surface area contributed by atoms with E-state index in [4.69, 9.17) is 37.0 Å². The second-order valence-corrected chi connectivity index (χ2v) is 12.1. The first kappa shape index (κ1) is 37.1. The molecule has 11 nitrogen and oxygen atoms in total. The van der Waals surface area contributed by atoms with Crippen molar-refractivity contribution in [2.24, 2.45) is 11.7 Å². The summed E-state index contributed by atoms with van der Waals surface area (Å²) in [6.45, 7) is 3.72. The fourth-order valence-corrected chi connectivity index (χ4v) is 6.31. The zero-order valence-corrected chi connectivity index (χ0v) is 27.1. The highest BCUT2D eigenvalue weighted by molar-refractivity contribution is 6.33. The lowest BCUT2D eigenvalue weighted by Gasteiger charge is -2.44. The largest absolute Gasteiger partial charge is 0.478 e. The Hall–Kier alpha value is -3.32. The molecule has 4 rings (SSSR count). The van der Waals surface area contributed by atoms with Crippen LogP contribution in [-0.4, -0.2) is 94.8 Å². The third-order valence-corrected chi connectivity index (χ3v) is 8.78. The van der Waals surface area contributed by atoms with E-state index in [1.807, 2.05) is 30.3 Å². The van der Waals surface area contributed by atoms with Gasteiger partial charge in [0.2, 0.25) is 5.91 Å². The standard InChI is InChI=1S/C30H41ClN2O5.C4H4O4/c1-3-20-8-6-9-21(16-20)28-23(10-7-11-24(28)31)30(36,12-4-5-14-37-2)27-19-33(13-15-38-27)29(35)22-17-25(32)26(34)18-22;5-3(6)1-2-4(7)8/h6-11,16,22,25-27,34,36H,3-5,12-15,17-19,32H2,1-2H3;1-2H,(H,5,6)(H,7,8)/b;2-1+/t22-,25+,26-,27+,30+;/m0./s1. The van der Waals surface area contributed by atoms with Crippen LogP contribution >= 0.6 is 11.6 Å². The zero-order chi connectivity index (χ0) is 33.9. The average molecular weight is 661 g/mol. The molecule has 12 heteroatoms. The van der Waals surface area contributed by atoms with Crippen LogP contribution < -0.4 is 5.73 Å². The summed E-state index contributed by atoms with van der Waals surface area (Å²) in [5, 5.41) is 38.8. The van der Waals surface area contributed by atoms with Gasteiger partial charge in [0, 0.05) is 55.0 Å². The molecule has 1 heterocycles. The number of rotatable bonds is 12. The van der Waals surface area contributed by atoms with Crippen molar-refractivity contribution in [1.82, 2.24) is 4.90 Å². The molecule has 0 unspecified atom stereocenters. The van der Waals surface area contributed by atoms with Crippen molar-refractivity contribution in [2.45, 2.75) is 69.3 Å². The number of carboxylic acid groups (broad SMARTS) is 2. The Morgan fingerprint density at radius 2 is 1.80 bits per heavy atom. The quantitative estimate of drug-likeness (QED) is 0.167. The molecule has 0 radical (unpaired) electrons. The van der Waals surface area contributed by atoms with Gasteiger partial charge >= 0.3 is 11.9 Å². The Morgan fingerprint density at radius 3 is 2.41 bits per heavy atom. The molecule has 5 atom stereocenters. The number of benzene rings is 2. The first-order chi connectivity index (χ1) is 21.9. The molecule has 252 valence electrons. The number of aliphatic hydroxyl groups is 2. The smallest absolute Gasteiger partial charge is 0.328 e. The van der Waals surface area contributed by atoms with E-state index in [1.54, 1.807) is 12.0 Å². The van der Waals surface area contributed by atoms with Crippen LogP contribution in [0.2, 0.25) is 5.02 Å². The number of ether oxygens (including phenoxy) is 2. The van der Waals surface area contributed by atoms with Gasteiger partial charge in [0.25, 0.3) is 0 Å². The monoisotopic (exact) mass is 660 g/mol. The minimum atomic E-state index is -1.39. The third kappa shape index (κ3) is 9.84. The van der Waals surface area contributed by atoms with E-state index in [0.29, 0.717) is 68.2 Å². The van der Waals surface area contributed by atoms with Gasteiger partial charge in [-0.3, -0.25) is 4.79 Å². The summed E-state index contributed by atoms with van der Waals surface area (Å²) in [6, 6.07) is 13.5. The summed E-state index contributed by atoms with van der Waals surface area (Å²) in [5.41, 5.74) is 8.21. The molecule has 2 aliphatic rings. The number of nitrogens with zero attached hydrogens (tertiary/aromatic N) is 1. The molecule has 46 heavy (non-hydrogen) atoms. The number of halogens is 1. The summed E-state index contributed by atoms with van der Waals surface area (Å²) in [4.78, 5) is 34.3. The zero-order valence-electron chi connectivity index (χ0n) is 26.3. The minimum Gasteiger partial charge on any atom is -0.478 e. The Kier molecular flexibility index (Phi) is 14.2. The van der Waals surface area contributed by atoms with E-state index in [9.17, 15) is 24.6 Å². The van der Waals surface area contributed by atoms with Crippen molar-refractivity contribution in [2.75, 3.05) is 33.4 Å². The van der Waals surface area contributed by atoms with Gasteiger partial charge in [-0.25, -0.2) is 9.59 Å². The summed E-state index contributed by atoms with van der Waals surface area (Å²) >= 11 is 6.81. The topological polar surface area (TPSA) is 180 Å². The molecule has 1 aliphatic carbocycles. The van der Waals surface area contributed by atoms with Gasteiger partial charge in [-0.15, -0.1) is 0 Å². The number of hydrogen-bond donors (Lipinski definition) is 5. The molecule has 1 saturated heterocycles. The van der Waals surface area contributed by atoms with Crippen molar-refractivity contribution in [1.29, 1.82) is 0 Å². The van der Waals surface area contributed by atoms with E-state index < -0.39 is 29.7 Å². The first-order valence-corrected chi connectivity index (χ1v) is 15.9. The van der Waals surface area contributed by atoms with Crippen molar-refractivity contribution < 1.29 is 44.3 Å². The van der Waals surface area contributed by atoms with Gasteiger partial charge in [-0.05, 0) is 61.3 Å². The maximum Gasteiger partial charge on any atom is 0.328 e. The molecule has 1 aliphatic heterocycles. The second-order valence-electron chi connectivity index (χ2n) is 11.6. The molecular weight excluding hydrogens is 616 g/mol. The number of morpholine rings is 1. The number of aryl methyl sites for hydroxylation is 1. The Bertz CT molecular complexity index is 1340. The molecule has 1 saturated carbocycles. The highest BCUT2D eigenvalue weighted by Gasteiger charge is 2.45. The van der Waals surface area contributed by atoms with E-state index in [2.05, 4.69) is 19.1 Å². The molecule has 2 fully saturated rings. The predicted molar refractivity (Wildman–Crippen MR) is 173 cm³/mol. The van der Waals surface area contributed by atoms with E-state index in [-0.39, 0.29) is 24.4 Å². The molecule has 0 bridgehead atoms. The first-order valence-electron chi connectivity index (χ1n) is 15.5. The number of aliphatic carboxylic acids is 2. The van der Waals surface area contributed by atoms with Gasteiger partial charge in [-0.2, -0.15) is 0 Å². The number of nitrogens with two attached hydrogens (primary N) is 1. The van der Waals surface area contributed by atoms with Crippen molar-refractivity contribution in [3.8, 4) is 11.1 Å². The van der Waals surface area contributed by atoms with Gasteiger partial charge in [0.1, 0.15) is 11.7 Å². The molecule has 6 N–H and O–H groups in total. The fraction of sp³-hybridized carbons (Fsp3) is 0.500. The van der Waals surface area contributed by atoms with Crippen LogP contribution in [0.15, 0.2) is 54.6 Å². The molecular formula is C34H45ClN2O9. The number of carbonyl (C=O) groups is 3. The van der Waals surface area contributed by atoms with Crippen LogP contribution in [0.1, 0.15) is 50.2 Å². The second kappa shape index (κ2) is 17.6. The number of aliphatic hydroxyl groups excluding tert-OH is 1. The maximum absolute atomic E-state index is 13.4. The average Bonchev–Trinajstić information content (AvgIpc) is 3.39. The molecule has 0 spiro atoms. The highest BCUT2D eigenvalue weighted by Crippen LogP contribution is 2.43. The number of methoxy groups -OCH3 is 1. The van der Waals surface area contributed by atoms with Crippen LogP contribution in [-0.2, 0) is 35.9 Å². The third-order valence-electron chi connectivity index (χ3n) is 8.47. The van der Waals surface area contributed by atoms with Crippen LogP contribution in [0.3, 0.4) is 0 Å². The van der Waals surface area contributed by atoms with E-state index in [1.165, 1.54) is 5.56 Å². The minimum absolute atomic E-state index is 0.0333. The molecule has 1 amide bonds. The predicted octanol–water partition coefficient (Wildman–Crippen LogP) is 3.61. The Labute approximate surface area is 274 Å². The normalized spacial score (nSPS) is 22.6. The lowest BCUT2D eigenvalue weighted by Crippen LogP contribution is -2.55. The van der Waals surface area contributed by atoms with Crippen LogP contribution in [0.4, 0.5) is 0 Å². The number of carbonyl (C=O) groups excluding carboxylic acids is 1. The maximum atomic E-state index is 13.4. The van der Waals surface area contributed by atoms with Crippen LogP contribution in [0, 0.1) is 5.92 Å². The summed E-state index contributed by atoms with van der Waals surface area (Å²) in [7, 11) is 1.67. The number of unbranched alkanes of at least 4 members (excludes halogenated alkanes) is 1. The molecule has 2 aromatic carbocycles. The summed E-state index contributed by atoms with van der Waals surface area (Å²) in [5.74, 6) is -2.86. The van der Waals surface area contributed by atoms with Crippen LogP contribution in [0.5, 0.6) is 0 Å². The van der Waals surface area contributed by atoms with Crippen molar-refractivity contribution >= 4 is 29.4 Å². The van der Waals surface area contributed by atoms with Crippen molar-refractivity contribution in [3.05, 3.63) is 70.8 Å². The Balaban J connectivity index is 0.000000637. The lowest BCUT2D eigenvalue weighted by atomic mass is 9.78. The van der Waals surface area contributed by atoms with Crippen LogP contribution in [0.25, 0.3) is 11.1 Å². The van der Waals surface area contributed by atoms with E-state index >= 15 is 0 Å². The lowest BCUT2D eigenvalue weighted by molar-refractivity contribution is -0.167. The molecule has 2 aromatic rings. The van der Waals surface area contributed by atoms with Gasteiger partial charge in [0.15, 0.2) is 0 Å². The number of amides is 1. The SMILES string of the molecule is CCc1cccc(-c2c(Cl)cccc2[C@](O)(CCCCOC)[C@H]2CN(C(=O)[C@H]3C[C@@H](N)[C@@H](O)C3)CCO2)c1.O=C(O)/C=C/C(=O)O. The highest BCUT2D eigenvalue weighted by atomic mass is 35.5. The molecule has 0 aromatic heterocycles.